The monoisotopic (exact) mass is 429 g/mol. The summed E-state index contributed by atoms with van der Waals surface area (Å²) in [6, 6.07) is 15.3. The fourth-order valence-electron chi connectivity index (χ4n) is 3.29. The van der Waals surface area contributed by atoms with Crippen molar-refractivity contribution in [3.8, 4) is 5.69 Å². The normalized spacial score (nSPS) is 15.5. The van der Waals surface area contributed by atoms with Gasteiger partial charge in [0, 0.05) is 31.2 Å². The molecule has 6 nitrogen and oxygen atoms in total. The van der Waals surface area contributed by atoms with Crippen LogP contribution in [-0.2, 0) is 20.5 Å². The number of aromatic nitrogens is 2. The van der Waals surface area contributed by atoms with Gasteiger partial charge in [-0.15, -0.1) is 0 Å². The van der Waals surface area contributed by atoms with Crippen LogP contribution >= 0.6 is 11.8 Å². The Kier molecular flexibility index (Phi) is 6.05. The average molecular weight is 430 g/mol. The quantitative estimate of drug-likeness (QED) is 0.561. The van der Waals surface area contributed by atoms with Crippen LogP contribution in [0.4, 0.5) is 0 Å². The Balaban J connectivity index is 1.52. The van der Waals surface area contributed by atoms with Crippen molar-refractivity contribution in [2.24, 2.45) is 0 Å². The van der Waals surface area contributed by atoms with Crippen molar-refractivity contribution in [2.75, 3.05) is 26.3 Å². The molecule has 0 atom stereocenters. The van der Waals surface area contributed by atoms with Crippen molar-refractivity contribution < 1.29 is 13.2 Å². The molecular weight excluding hydrogens is 406 g/mol. The molecule has 0 radical (unpaired) electrons. The third-order valence-corrected chi connectivity index (χ3v) is 7.79. The third-order valence-electron chi connectivity index (χ3n) is 4.86. The first-order valence-corrected chi connectivity index (χ1v) is 11.9. The summed E-state index contributed by atoms with van der Waals surface area (Å²) in [6.45, 7) is 3.75. The number of morpholine rings is 1. The summed E-state index contributed by atoms with van der Waals surface area (Å²) in [5, 5.41) is 0.876. The second kappa shape index (κ2) is 8.71. The molecule has 0 amide bonds. The summed E-state index contributed by atoms with van der Waals surface area (Å²) in [4.78, 5) is 4.81. The van der Waals surface area contributed by atoms with E-state index in [1.807, 2.05) is 24.4 Å². The van der Waals surface area contributed by atoms with Gasteiger partial charge in [-0.1, -0.05) is 42.1 Å². The van der Waals surface area contributed by atoms with E-state index in [-0.39, 0.29) is 0 Å². The average Bonchev–Trinajstić information content (AvgIpc) is 3.22. The van der Waals surface area contributed by atoms with Gasteiger partial charge in [0.25, 0.3) is 0 Å². The largest absolute Gasteiger partial charge is 0.379 e. The van der Waals surface area contributed by atoms with Crippen molar-refractivity contribution in [3.63, 3.8) is 0 Å². The van der Waals surface area contributed by atoms with E-state index >= 15 is 0 Å². The Hall–Kier alpha value is -2.13. The molecule has 1 aromatic heterocycles. The molecule has 0 unspecified atom stereocenters. The minimum Gasteiger partial charge on any atom is -0.379 e. The lowest BCUT2D eigenvalue weighted by Gasteiger charge is -2.26. The maximum Gasteiger partial charge on any atom is 0.243 e. The predicted octanol–water partition coefficient (Wildman–Crippen LogP) is 3.49. The topological polar surface area (TPSA) is 64.4 Å². The smallest absolute Gasteiger partial charge is 0.243 e. The summed E-state index contributed by atoms with van der Waals surface area (Å²) in [7, 11) is -3.49. The van der Waals surface area contributed by atoms with Crippen molar-refractivity contribution in [3.05, 3.63) is 72.1 Å². The first kappa shape index (κ1) is 20.2. The summed E-state index contributed by atoms with van der Waals surface area (Å²) >= 11 is 1.59. The lowest BCUT2D eigenvalue weighted by molar-refractivity contribution is 0.0730. The molecule has 1 fully saturated rings. The molecule has 1 aliphatic heterocycles. The molecule has 4 rings (SSSR count). The van der Waals surface area contributed by atoms with Crippen LogP contribution in [0, 0.1) is 6.92 Å². The van der Waals surface area contributed by atoms with Gasteiger partial charge in [-0.25, -0.2) is 13.4 Å². The van der Waals surface area contributed by atoms with Crippen LogP contribution in [0.15, 0.2) is 71.0 Å². The summed E-state index contributed by atoms with van der Waals surface area (Å²) in [5.74, 6) is 0.634. The van der Waals surface area contributed by atoms with E-state index in [0.29, 0.717) is 37.0 Å². The number of benzene rings is 2. The zero-order chi connectivity index (χ0) is 20.3. The number of nitrogens with zero attached hydrogens (tertiary/aromatic N) is 3. The van der Waals surface area contributed by atoms with Crippen LogP contribution in [-0.4, -0.2) is 48.6 Å². The van der Waals surface area contributed by atoms with Gasteiger partial charge >= 0.3 is 0 Å². The molecule has 3 aromatic rings. The summed E-state index contributed by atoms with van der Waals surface area (Å²) < 4.78 is 34.6. The van der Waals surface area contributed by atoms with E-state index < -0.39 is 10.0 Å². The molecule has 2 heterocycles. The summed E-state index contributed by atoms with van der Waals surface area (Å²) in [6.07, 6.45) is 3.73. The number of imidazole rings is 1. The van der Waals surface area contributed by atoms with Gasteiger partial charge < -0.3 is 4.74 Å². The van der Waals surface area contributed by atoms with Crippen LogP contribution in [0.1, 0.15) is 11.1 Å². The Bertz CT molecular complexity index is 1090. The molecule has 0 aliphatic carbocycles. The molecule has 0 spiro atoms. The van der Waals surface area contributed by atoms with Crippen molar-refractivity contribution in [1.29, 1.82) is 0 Å². The van der Waals surface area contributed by atoms with E-state index in [1.54, 1.807) is 36.2 Å². The zero-order valence-corrected chi connectivity index (χ0v) is 17.8. The minimum atomic E-state index is -3.49. The second-order valence-electron chi connectivity index (χ2n) is 6.82. The van der Waals surface area contributed by atoms with Crippen LogP contribution < -0.4 is 0 Å². The van der Waals surface area contributed by atoms with Gasteiger partial charge in [0.05, 0.1) is 23.8 Å². The van der Waals surface area contributed by atoms with Crippen molar-refractivity contribution in [2.45, 2.75) is 22.7 Å². The number of sulfonamides is 1. The number of hydrogen-bond acceptors (Lipinski definition) is 5. The van der Waals surface area contributed by atoms with E-state index in [0.717, 1.165) is 16.4 Å². The first-order chi connectivity index (χ1) is 14.1. The highest BCUT2D eigenvalue weighted by Crippen LogP contribution is 2.27. The molecule has 1 aliphatic rings. The number of para-hydroxylation sites is 1. The number of aryl methyl sites for hydroxylation is 1. The highest BCUT2D eigenvalue weighted by molar-refractivity contribution is 7.98. The lowest BCUT2D eigenvalue weighted by atomic mass is 10.2. The van der Waals surface area contributed by atoms with Crippen molar-refractivity contribution >= 4 is 21.8 Å². The Morgan fingerprint density at radius 2 is 1.90 bits per heavy atom. The van der Waals surface area contributed by atoms with E-state index in [9.17, 15) is 8.42 Å². The Labute approximate surface area is 175 Å². The number of thioether (sulfide) groups is 1. The second-order valence-corrected chi connectivity index (χ2v) is 9.70. The van der Waals surface area contributed by atoms with Gasteiger partial charge in [-0.3, -0.25) is 4.57 Å². The fraction of sp³-hybridized carbons (Fsp3) is 0.286. The third kappa shape index (κ3) is 4.40. The lowest BCUT2D eigenvalue weighted by Crippen LogP contribution is -2.40. The zero-order valence-electron chi connectivity index (χ0n) is 16.2. The van der Waals surface area contributed by atoms with Gasteiger partial charge in [-0.05, 0) is 36.2 Å². The molecule has 0 saturated carbocycles. The van der Waals surface area contributed by atoms with E-state index in [4.69, 9.17) is 4.74 Å². The van der Waals surface area contributed by atoms with Crippen LogP contribution in [0.25, 0.3) is 5.69 Å². The Morgan fingerprint density at radius 1 is 1.10 bits per heavy atom. The predicted molar refractivity (Wildman–Crippen MR) is 114 cm³/mol. The maximum atomic E-state index is 12.9. The first-order valence-electron chi connectivity index (χ1n) is 9.45. The Morgan fingerprint density at radius 3 is 2.69 bits per heavy atom. The summed E-state index contributed by atoms with van der Waals surface area (Å²) in [5.41, 5.74) is 3.21. The van der Waals surface area contributed by atoms with Gasteiger partial charge in [0.15, 0.2) is 5.16 Å². The number of rotatable bonds is 6. The van der Waals surface area contributed by atoms with Crippen LogP contribution in [0.2, 0.25) is 0 Å². The highest BCUT2D eigenvalue weighted by atomic mass is 32.2. The number of hydrogen-bond donors (Lipinski definition) is 0. The standard InChI is InChI=1S/C21H23N3O3S2/c1-17-5-2-3-8-20(17)24-10-9-22-21(24)28-16-18-6-4-7-19(15-18)29(25,26)23-11-13-27-14-12-23/h2-10,15H,11-14,16H2,1H3. The number of ether oxygens (including phenoxy) is 1. The highest BCUT2D eigenvalue weighted by Gasteiger charge is 2.26. The van der Waals surface area contributed by atoms with Gasteiger partial charge in [-0.2, -0.15) is 4.31 Å². The van der Waals surface area contributed by atoms with E-state index in [2.05, 4.69) is 28.6 Å². The molecule has 29 heavy (non-hydrogen) atoms. The minimum absolute atomic E-state index is 0.333. The van der Waals surface area contributed by atoms with Gasteiger partial charge in [0.1, 0.15) is 0 Å². The molecule has 152 valence electrons. The molecule has 0 N–H and O–H groups in total. The molecule has 2 aromatic carbocycles. The molecule has 1 saturated heterocycles. The molecular formula is C21H23N3O3S2. The van der Waals surface area contributed by atoms with Crippen LogP contribution in [0.3, 0.4) is 0 Å². The fourth-order valence-corrected chi connectivity index (χ4v) is 5.68. The van der Waals surface area contributed by atoms with E-state index in [1.165, 1.54) is 9.87 Å². The maximum absolute atomic E-state index is 12.9. The van der Waals surface area contributed by atoms with Gasteiger partial charge in [0.2, 0.25) is 10.0 Å². The molecule has 0 bridgehead atoms. The SMILES string of the molecule is Cc1ccccc1-n1ccnc1SCc1cccc(S(=O)(=O)N2CCOCC2)c1. The molecule has 8 heteroatoms. The van der Waals surface area contributed by atoms with Crippen molar-refractivity contribution in [1.82, 2.24) is 13.9 Å². The van der Waals surface area contributed by atoms with Crippen LogP contribution in [0.5, 0.6) is 0 Å².